The fraction of sp³-hybridized carbons (Fsp3) is 0.478. The van der Waals surface area contributed by atoms with E-state index in [2.05, 4.69) is 34.3 Å². The number of nitrogens with zero attached hydrogens (tertiary/aromatic N) is 2. The summed E-state index contributed by atoms with van der Waals surface area (Å²) in [6.07, 6.45) is 5.89. The van der Waals surface area contributed by atoms with Crippen molar-refractivity contribution >= 4 is 11.7 Å². The predicted octanol–water partition coefficient (Wildman–Crippen LogP) is 3.97. The van der Waals surface area contributed by atoms with Crippen molar-refractivity contribution in [2.75, 3.05) is 24.6 Å². The Morgan fingerprint density at radius 1 is 1.21 bits per heavy atom. The molecule has 2 aliphatic heterocycles. The van der Waals surface area contributed by atoms with E-state index in [0.29, 0.717) is 18.1 Å². The molecule has 0 saturated carbocycles. The number of hydrogen-bond acceptors (Lipinski definition) is 4. The van der Waals surface area contributed by atoms with Crippen molar-refractivity contribution in [1.82, 2.24) is 10.3 Å². The Morgan fingerprint density at radius 3 is 2.89 bits per heavy atom. The van der Waals surface area contributed by atoms with Gasteiger partial charge in [-0.3, -0.25) is 4.79 Å². The molecule has 0 bridgehead atoms. The molecule has 148 valence electrons. The number of benzene rings is 1. The number of rotatable bonds is 4. The minimum Gasteiger partial charge on any atom is -0.373 e. The van der Waals surface area contributed by atoms with E-state index in [1.165, 1.54) is 18.4 Å². The second-order valence-electron chi connectivity index (χ2n) is 8.06. The lowest BCUT2D eigenvalue weighted by atomic mass is 9.97. The molecule has 1 amide bonds. The predicted molar refractivity (Wildman–Crippen MR) is 110 cm³/mol. The number of carbonyl (C=O) groups excluding carboxylic acids is 1. The van der Waals surface area contributed by atoms with Gasteiger partial charge in [0.15, 0.2) is 0 Å². The van der Waals surface area contributed by atoms with E-state index >= 15 is 0 Å². The Balaban J connectivity index is 1.40. The maximum Gasteiger partial charge on any atom is 0.251 e. The lowest BCUT2D eigenvalue weighted by Gasteiger charge is -2.32. The van der Waals surface area contributed by atoms with Crippen molar-refractivity contribution in [2.45, 2.75) is 44.8 Å². The van der Waals surface area contributed by atoms with Crippen molar-refractivity contribution in [3.05, 3.63) is 59.8 Å². The van der Waals surface area contributed by atoms with Gasteiger partial charge >= 0.3 is 0 Å². The quantitative estimate of drug-likeness (QED) is 0.873. The molecule has 2 aliphatic rings. The number of ether oxygens (including phenoxy) is 1. The van der Waals surface area contributed by atoms with E-state index < -0.39 is 0 Å². The zero-order valence-corrected chi connectivity index (χ0v) is 16.5. The van der Waals surface area contributed by atoms with Gasteiger partial charge in [-0.15, -0.1) is 0 Å². The van der Waals surface area contributed by atoms with Crippen LogP contribution in [0.1, 0.15) is 54.6 Å². The van der Waals surface area contributed by atoms with Crippen molar-refractivity contribution in [1.29, 1.82) is 0 Å². The topological polar surface area (TPSA) is 54.5 Å². The molecule has 0 spiro atoms. The summed E-state index contributed by atoms with van der Waals surface area (Å²) in [5.41, 5.74) is 1.86. The normalized spacial score (nSPS) is 25.3. The molecular weight excluding hydrogens is 350 g/mol. The molecule has 0 aliphatic carbocycles. The van der Waals surface area contributed by atoms with Crippen LogP contribution in [0.3, 0.4) is 0 Å². The first-order valence-electron chi connectivity index (χ1n) is 10.4. The van der Waals surface area contributed by atoms with Crippen molar-refractivity contribution in [2.24, 2.45) is 5.92 Å². The van der Waals surface area contributed by atoms with Crippen molar-refractivity contribution in [3.8, 4) is 0 Å². The van der Waals surface area contributed by atoms with E-state index in [-0.39, 0.29) is 18.1 Å². The van der Waals surface area contributed by atoms with Gasteiger partial charge in [-0.05, 0) is 49.3 Å². The second-order valence-corrected chi connectivity index (χ2v) is 8.06. The molecule has 2 fully saturated rings. The number of hydrogen-bond donors (Lipinski definition) is 1. The second kappa shape index (κ2) is 8.74. The number of pyridine rings is 1. The van der Waals surface area contributed by atoms with Crippen LogP contribution in [0.5, 0.6) is 0 Å². The first kappa shape index (κ1) is 18.9. The largest absolute Gasteiger partial charge is 0.373 e. The summed E-state index contributed by atoms with van der Waals surface area (Å²) in [4.78, 5) is 19.7. The first-order valence-corrected chi connectivity index (χ1v) is 10.4. The number of carbonyl (C=O) groups is 1. The number of nitrogens with one attached hydrogen (secondary N) is 1. The third kappa shape index (κ3) is 4.53. The van der Waals surface area contributed by atoms with Crippen LogP contribution in [-0.4, -0.2) is 36.6 Å². The highest BCUT2D eigenvalue weighted by molar-refractivity contribution is 5.95. The molecule has 5 nitrogen and oxygen atoms in total. The summed E-state index contributed by atoms with van der Waals surface area (Å²) in [7, 11) is 0. The minimum absolute atomic E-state index is 0.0209. The maximum atomic E-state index is 12.9. The summed E-state index contributed by atoms with van der Waals surface area (Å²) >= 11 is 0. The number of amides is 1. The van der Waals surface area contributed by atoms with Gasteiger partial charge in [0.1, 0.15) is 5.82 Å². The Morgan fingerprint density at radius 2 is 2.07 bits per heavy atom. The minimum atomic E-state index is -0.0209. The smallest absolute Gasteiger partial charge is 0.251 e. The summed E-state index contributed by atoms with van der Waals surface area (Å²) in [5.74, 6) is 1.56. The molecule has 3 unspecified atom stereocenters. The van der Waals surface area contributed by atoms with Gasteiger partial charge in [-0.25, -0.2) is 4.98 Å². The van der Waals surface area contributed by atoms with E-state index in [9.17, 15) is 4.79 Å². The monoisotopic (exact) mass is 379 g/mol. The fourth-order valence-corrected chi connectivity index (χ4v) is 4.23. The third-order valence-corrected chi connectivity index (χ3v) is 5.78. The molecule has 0 radical (unpaired) electrons. The van der Waals surface area contributed by atoms with Crippen LogP contribution < -0.4 is 10.2 Å². The Hall–Kier alpha value is -2.40. The molecule has 3 heterocycles. The molecule has 1 aromatic heterocycles. The molecule has 1 aromatic carbocycles. The summed E-state index contributed by atoms with van der Waals surface area (Å²) in [5, 5.41) is 3.21. The number of anilines is 1. The van der Waals surface area contributed by atoms with Crippen LogP contribution in [0.2, 0.25) is 0 Å². The van der Waals surface area contributed by atoms with E-state index in [4.69, 9.17) is 4.74 Å². The highest BCUT2D eigenvalue weighted by atomic mass is 16.5. The van der Waals surface area contributed by atoms with Gasteiger partial charge in [0.05, 0.1) is 6.10 Å². The van der Waals surface area contributed by atoms with Gasteiger partial charge in [-0.2, -0.15) is 0 Å². The molecule has 4 rings (SSSR count). The SMILES string of the molecule is CC1CCCN(c2cc(C(=O)NC3CCOC(c4ccccc4)C3)ccn2)C1. The zero-order valence-electron chi connectivity index (χ0n) is 16.5. The van der Waals surface area contributed by atoms with E-state index in [1.54, 1.807) is 12.3 Å². The molecule has 2 aromatic rings. The van der Waals surface area contributed by atoms with Gasteiger partial charge < -0.3 is 15.0 Å². The highest BCUT2D eigenvalue weighted by Gasteiger charge is 2.26. The van der Waals surface area contributed by atoms with E-state index in [0.717, 1.165) is 31.7 Å². The average Bonchev–Trinajstić information content (AvgIpc) is 2.75. The Labute approximate surface area is 167 Å². The maximum absolute atomic E-state index is 12.9. The van der Waals surface area contributed by atoms with Gasteiger partial charge in [0, 0.05) is 37.5 Å². The van der Waals surface area contributed by atoms with Gasteiger partial charge in [-0.1, -0.05) is 37.3 Å². The first-order chi connectivity index (χ1) is 13.7. The Bertz CT molecular complexity index is 795. The van der Waals surface area contributed by atoms with Crippen LogP contribution >= 0.6 is 0 Å². The number of piperidine rings is 1. The molecular formula is C23H29N3O2. The fourth-order valence-electron chi connectivity index (χ4n) is 4.23. The lowest BCUT2D eigenvalue weighted by Crippen LogP contribution is -2.40. The van der Waals surface area contributed by atoms with Crippen molar-refractivity contribution in [3.63, 3.8) is 0 Å². The van der Waals surface area contributed by atoms with Crippen molar-refractivity contribution < 1.29 is 9.53 Å². The molecule has 3 atom stereocenters. The van der Waals surface area contributed by atoms with Gasteiger partial charge in [0.2, 0.25) is 0 Å². The summed E-state index contributed by atoms with van der Waals surface area (Å²) in [6, 6.07) is 14.1. The molecule has 5 heteroatoms. The van der Waals surface area contributed by atoms with Crippen LogP contribution in [-0.2, 0) is 4.74 Å². The molecule has 2 saturated heterocycles. The van der Waals surface area contributed by atoms with Crippen LogP contribution in [0.25, 0.3) is 0 Å². The average molecular weight is 380 g/mol. The number of aromatic nitrogens is 1. The zero-order chi connectivity index (χ0) is 19.3. The summed E-state index contributed by atoms with van der Waals surface area (Å²) in [6.45, 7) is 4.96. The van der Waals surface area contributed by atoms with Crippen LogP contribution in [0, 0.1) is 5.92 Å². The Kier molecular flexibility index (Phi) is 5.91. The van der Waals surface area contributed by atoms with Crippen LogP contribution in [0.4, 0.5) is 5.82 Å². The molecule has 28 heavy (non-hydrogen) atoms. The lowest BCUT2D eigenvalue weighted by molar-refractivity contribution is 0.000904. The van der Waals surface area contributed by atoms with Crippen LogP contribution in [0.15, 0.2) is 48.7 Å². The third-order valence-electron chi connectivity index (χ3n) is 5.78. The summed E-state index contributed by atoms with van der Waals surface area (Å²) < 4.78 is 5.92. The van der Waals surface area contributed by atoms with Gasteiger partial charge in [0.25, 0.3) is 5.91 Å². The highest BCUT2D eigenvalue weighted by Crippen LogP contribution is 2.28. The molecule has 1 N–H and O–H groups in total. The van der Waals surface area contributed by atoms with E-state index in [1.807, 2.05) is 24.3 Å². The standard InChI is InChI=1S/C23H29N3O2/c1-17-6-5-12-26(16-17)22-14-19(9-11-24-22)23(27)25-20-10-13-28-21(15-20)18-7-3-2-4-8-18/h2-4,7-9,11,14,17,20-21H,5-6,10,12-13,15-16H2,1H3,(H,25,27).